The average molecular weight is 254 g/mol. The Bertz CT molecular complexity index is 652. The summed E-state index contributed by atoms with van der Waals surface area (Å²) in [5.41, 5.74) is 3.46. The number of rotatable bonds is 2. The third-order valence-electron chi connectivity index (χ3n) is 3.27. The van der Waals surface area contributed by atoms with Crippen LogP contribution in [0.2, 0.25) is 0 Å². The molecule has 0 fully saturated rings. The number of carbonyl (C=O) groups is 1. The van der Waals surface area contributed by atoms with Crippen LogP contribution in [0.25, 0.3) is 0 Å². The lowest BCUT2D eigenvalue weighted by Gasteiger charge is -2.15. The van der Waals surface area contributed by atoms with Crippen molar-refractivity contribution in [2.75, 3.05) is 12.0 Å². The minimum atomic E-state index is -0.0525. The van der Waals surface area contributed by atoms with Crippen LogP contribution in [0.3, 0.4) is 0 Å². The van der Waals surface area contributed by atoms with Crippen LogP contribution < -0.4 is 9.64 Å². The van der Waals surface area contributed by atoms with Gasteiger partial charge in [0.1, 0.15) is 11.4 Å². The molecule has 1 aliphatic rings. The first kappa shape index (κ1) is 11.7. The van der Waals surface area contributed by atoms with E-state index in [0.29, 0.717) is 18.0 Å². The van der Waals surface area contributed by atoms with Crippen LogP contribution in [0.5, 0.6) is 5.75 Å². The quantitative estimate of drug-likeness (QED) is 0.827. The van der Waals surface area contributed by atoms with Crippen LogP contribution in [-0.4, -0.2) is 18.0 Å². The van der Waals surface area contributed by atoms with E-state index in [-0.39, 0.29) is 5.91 Å². The van der Waals surface area contributed by atoms with Gasteiger partial charge in [0.2, 0.25) is 0 Å². The summed E-state index contributed by atoms with van der Waals surface area (Å²) in [6.45, 7) is 2.56. The van der Waals surface area contributed by atoms with Gasteiger partial charge in [0, 0.05) is 11.3 Å². The molecule has 1 amide bonds. The fraction of sp³-hybridized carbons (Fsp3) is 0.200. The Morgan fingerprint density at radius 1 is 1.32 bits per heavy atom. The molecule has 2 aromatic rings. The summed E-state index contributed by atoms with van der Waals surface area (Å²) in [6, 6.07) is 9.78. The summed E-state index contributed by atoms with van der Waals surface area (Å²) >= 11 is 0. The summed E-state index contributed by atoms with van der Waals surface area (Å²) in [4.78, 5) is 18.3. The van der Waals surface area contributed by atoms with Gasteiger partial charge >= 0.3 is 0 Å². The summed E-state index contributed by atoms with van der Waals surface area (Å²) in [5.74, 6) is 0.626. The van der Waals surface area contributed by atoms with Gasteiger partial charge in [-0.3, -0.25) is 4.79 Å². The second-order valence-electron chi connectivity index (χ2n) is 4.61. The Kier molecular flexibility index (Phi) is 2.71. The molecule has 96 valence electrons. The molecule has 0 spiro atoms. The Morgan fingerprint density at radius 3 is 2.89 bits per heavy atom. The SMILES string of the molecule is COc1cnc2c(c1)CN(c1cccc(C)c1)C2=O. The predicted molar refractivity (Wildman–Crippen MR) is 72.5 cm³/mol. The van der Waals surface area contributed by atoms with Crippen molar-refractivity contribution in [3.05, 3.63) is 53.3 Å². The van der Waals surface area contributed by atoms with Gasteiger partial charge in [-0.1, -0.05) is 12.1 Å². The fourth-order valence-electron chi connectivity index (χ4n) is 2.29. The number of methoxy groups -OCH3 is 1. The lowest BCUT2D eigenvalue weighted by Crippen LogP contribution is -2.23. The number of aromatic nitrogens is 1. The summed E-state index contributed by atoms with van der Waals surface area (Å²) in [6.07, 6.45) is 1.58. The topological polar surface area (TPSA) is 42.4 Å². The highest BCUT2D eigenvalue weighted by molar-refractivity contribution is 6.08. The molecule has 0 unspecified atom stereocenters. The predicted octanol–water partition coefficient (Wildman–Crippen LogP) is 2.56. The summed E-state index contributed by atoms with van der Waals surface area (Å²) in [5, 5.41) is 0. The molecule has 1 aromatic carbocycles. The van der Waals surface area contributed by atoms with E-state index >= 15 is 0 Å². The van der Waals surface area contributed by atoms with E-state index in [1.807, 2.05) is 37.3 Å². The van der Waals surface area contributed by atoms with Gasteiger partial charge in [0.15, 0.2) is 0 Å². The molecule has 0 saturated heterocycles. The van der Waals surface area contributed by atoms with E-state index in [1.165, 1.54) is 0 Å². The molecule has 2 heterocycles. The van der Waals surface area contributed by atoms with E-state index in [2.05, 4.69) is 4.98 Å². The standard InChI is InChI=1S/C15H14N2O2/c1-10-4-3-5-12(6-10)17-9-11-7-13(19-2)8-16-14(11)15(17)18/h3-8H,9H2,1-2H3. The van der Waals surface area contributed by atoms with Crippen LogP contribution in [0.1, 0.15) is 21.6 Å². The minimum absolute atomic E-state index is 0.0525. The van der Waals surface area contributed by atoms with Gasteiger partial charge in [-0.15, -0.1) is 0 Å². The highest BCUT2D eigenvalue weighted by Gasteiger charge is 2.30. The molecule has 19 heavy (non-hydrogen) atoms. The van der Waals surface area contributed by atoms with Crippen molar-refractivity contribution in [3.8, 4) is 5.75 Å². The number of ether oxygens (including phenoxy) is 1. The van der Waals surface area contributed by atoms with Gasteiger partial charge < -0.3 is 9.64 Å². The van der Waals surface area contributed by atoms with Crippen LogP contribution in [0.4, 0.5) is 5.69 Å². The van der Waals surface area contributed by atoms with Crippen molar-refractivity contribution in [1.82, 2.24) is 4.98 Å². The number of anilines is 1. The minimum Gasteiger partial charge on any atom is -0.495 e. The number of pyridine rings is 1. The molecule has 1 aromatic heterocycles. The van der Waals surface area contributed by atoms with E-state index < -0.39 is 0 Å². The molecule has 0 aliphatic carbocycles. The van der Waals surface area contributed by atoms with E-state index in [9.17, 15) is 4.79 Å². The van der Waals surface area contributed by atoms with Crippen LogP contribution in [-0.2, 0) is 6.54 Å². The first-order valence-electron chi connectivity index (χ1n) is 6.10. The van der Waals surface area contributed by atoms with Crippen LogP contribution >= 0.6 is 0 Å². The second kappa shape index (κ2) is 4.39. The zero-order valence-corrected chi connectivity index (χ0v) is 10.9. The van der Waals surface area contributed by atoms with Gasteiger partial charge in [-0.25, -0.2) is 4.98 Å². The molecule has 1 aliphatic heterocycles. The number of hydrogen-bond donors (Lipinski definition) is 0. The van der Waals surface area contributed by atoms with E-state index in [1.54, 1.807) is 18.2 Å². The van der Waals surface area contributed by atoms with Gasteiger partial charge in [0.25, 0.3) is 5.91 Å². The lowest BCUT2D eigenvalue weighted by molar-refractivity contribution is 0.0992. The van der Waals surface area contributed by atoms with Crippen molar-refractivity contribution in [2.45, 2.75) is 13.5 Å². The lowest BCUT2D eigenvalue weighted by atomic mass is 10.2. The van der Waals surface area contributed by atoms with Crippen molar-refractivity contribution in [1.29, 1.82) is 0 Å². The number of fused-ring (bicyclic) bond motifs is 1. The van der Waals surface area contributed by atoms with Crippen molar-refractivity contribution in [3.63, 3.8) is 0 Å². The number of carbonyl (C=O) groups excluding carboxylic acids is 1. The maximum absolute atomic E-state index is 12.3. The van der Waals surface area contributed by atoms with Gasteiger partial charge in [-0.05, 0) is 30.7 Å². The van der Waals surface area contributed by atoms with E-state index in [4.69, 9.17) is 4.74 Å². The molecule has 3 rings (SSSR count). The first-order chi connectivity index (χ1) is 9.19. The zero-order valence-electron chi connectivity index (χ0n) is 10.9. The van der Waals surface area contributed by atoms with Gasteiger partial charge in [-0.2, -0.15) is 0 Å². The smallest absolute Gasteiger partial charge is 0.277 e. The highest BCUT2D eigenvalue weighted by atomic mass is 16.5. The largest absolute Gasteiger partial charge is 0.495 e. The number of benzene rings is 1. The van der Waals surface area contributed by atoms with Crippen LogP contribution in [0, 0.1) is 6.92 Å². The van der Waals surface area contributed by atoms with Crippen LogP contribution in [0.15, 0.2) is 36.5 Å². The maximum atomic E-state index is 12.3. The Hall–Kier alpha value is -2.36. The molecule has 0 atom stereocenters. The first-order valence-corrected chi connectivity index (χ1v) is 6.10. The Morgan fingerprint density at radius 2 is 2.16 bits per heavy atom. The molecule has 0 N–H and O–H groups in total. The zero-order chi connectivity index (χ0) is 13.4. The fourth-order valence-corrected chi connectivity index (χ4v) is 2.29. The highest BCUT2D eigenvalue weighted by Crippen LogP contribution is 2.29. The number of amides is 1. The monoisotopic (exact) mass is 254 g/mol. The third-order valence-corrected chi connectivity index (χ3v) is 3.27. The Balaban J connectivity index is 1.99. The maximum Gasteiger partial charge on any atom is 0.277 e. The second-order valence-corrected chi connectivity index (χ2v) is 4.61. The Labute approximate surface area is 111 Å². The summed E-state index contributed by atoms with van der Waals surface area (Å²) in [7, 11) is 1.60. The average Bonchev–Trinajstić information content (AvgIpc) is 2.75. The molecule has 0 bridgehead atoms. The third kappa shape index (κ3) is 1.95. The number of hydrogen-bond acceptors (Lipinski definition) is 3. The van der Waals surface area contributed by atoms with Gasteiger partial charge in [0.05, 0.1) is 19.9 Å². The normalized spacial score (nSPS) is 13.6. The summed E-state index contributed by atoms with van der Waals surface area (Å²) < 4.78 is 5.14. The van der Waals surface area contributed by atoms with Crippen molar-refractivity contribution < 1.29 is 9.53 Å². The molecule has 4 heteroatoms. The molecule has 0 saturated carbocycles. The number of aryl methyl sites for hydroxylation is 1. The van der Waals surface area contributed by atoms with E-state index in [0.717, 1.165) is 16.8 Å². The molecule has 4 nitrogen and oxygen atoms in total. The molecule has 0 radical (unpaired) electrons. The molecular formula is C15H14N2O2. The number of nitrogens with zero attached hydrogens (tertiary/aromatic N) is 2. The van der Waals surface area contributed by atoms with Crippen molar-refractivity contribution in [2.24, 2.45) is 0 Å². The molecular weight excluding hydrogens is 240 g/mol. The van der Waals surface area contributed by atoms with Crippen molar-refractivity contribution >= 4 is 11.6 Å².